The lowest BCUT2D eigenvalue weighted by molar-refractivity contribution is -0.0126. The Hall–Kier alpha value is -0.120. The van der Waals surface area contributed by atoms with Crippen LogP contribution < -0.4 is 5.73 Å². The minimum atomic E-state index is 0.688. The number of hydrogen-bond donors (Lipinski definition) is 1. The molecule has 2 unspecified atom stereocenters. The van der Waals surface area contributed by atoms with Crippen LogP contribution in [0.15, 0.2) is 0 Å². The summed E-state index contributed by atoms with van der Waals surface area (Å²) in [6.07, 6.45) is 6.46. The molecule has 0 radical (unpaired) electrons. The predicted octanol–water partition coefficient (Wildman–Crippen LogP) is 1.23. The fraction of sp³-hybridized carbons (Fsp3) is 1.00. The third-order valence-corrected chi connectivity index (χ3v) is 3.85. The Bertz CT molecular complexity index is 180. The first-order valence-corrected chi connectivity index (χ1v) is 6.43. The van der Waals surface area contributed by atoms with Gasteiger partial charge in [0.2, 0.25) is 0 Å². The van der Waals surface area contributed by atoms with Gasteiger partial charge in [-0.25, -0.2) is 0 Å². The van der Waals surface area contributed by atoms with E-state index in [0.717, 1.165) is 25.7 Å². The maximum atomic E-state index is 5.63. The molecule has 0 aromatic rings. The molecule has 3 heteroatoms. The van der Waals surface area contributed by atoms with Crippen molar-refractivity contribution in [2.24, 2.45) is 11.7 Å². The third kappa shape index (κ3) is 2.92. The highest BCUT2D eigenvalue weighted by atomic mass is 16.5. The second-order valence-corrected chi connectivity index (χ2v) is 4.86. The molecule has 2 saturated heterocycles. The van der Waals surface area contributed by atoms with Crippen molar-refractivity contribution in [2.45, 2.75) is 38.1 Å². The van der Waals surface area contributed by atoms with Crippen LogP contribution in [0.25, 0.3) is 0 Å². The van der Waals surface area contributed by atoms with Crippen LogP contribution in [0, 0.1) is 5.92 Å². The zero-order valence-corrected chi connectivity index (χ0v) is 9.66. The van der Waals surface area contributed by atoms with Gasteiger partial charge in [-0.3, -0.25) is 4.90 Å². The Kier molecular flexibility index (Phi) is 4.42. The van der Waals surface area contributed by atoms with E-state index >= 15 is 0 Å². The van der Waals surface area contributed by atoms with E-state index in [9.17, 15) is 0 Å². The van der Waals surface area contributed by atoms with Crippen LogP contribution >= 0.6 is 0 Å². The molecule has 0 spiro atoms. The number of hydrogen-bond acceptors (Lipinski definition) is 3. The van der Waals surface area contributed by atoms with Crippen LogP contribution in [0.1, 0.15) is 32.1 Å². The van der Waals surface area contributed by atoms with E-state index in [1.807, 2.05) is 0 Å². The number of nitrogens with zero attached hydrogens (tertiary/aromatic N) is 1. The maximum absolute atomic E-state index is 5.63. The minimum Gasteiger partial charge on any atom is -0.380 e. The highest BCUT2D eigenvalue weighted by Crippen LogP contribution is 2.27. The smallest absolute Gasteiger partial charge is 0.0624 e. The molecular weight excluding hydrogens is 188 g/mol. The first-order valence-electron chi connectivity index (χ1n) is 6.43. The van der Waals surface area contributed by atoms with Crippen LogP contribution in [0.2, 0.25) is 0 Å². The van der Waals surface area contributed by atoms with Crippen molar-refractivity contribution in [2.75, 3.05) is 32.8 Å². The molecule has 88 valence electrons. The highest BCUT2D eigenvalue weighted by Gasteiger charge is 2.31. The van der Waals surface area contributed by atoms with Gasteiger partial charge in [-0.15, -0.1) is 0 Å². The lowest BCUT2D eigenvalue weighted by atomic mass is 9.89. The summed E-state index contributed by atoms with van der Waals surface area (Å²) >= 11 is 0. The maximum Gasteiger partial charge on any atom is 0.0624 e. The summed E-state index contributed by atoms with van der Waals surface area (Å²) in [6.45, 7) is 5.32. The monoisotopic (exact) mass is 212 g/mol. The number of ether oxygens (including phenoxy) is 1. The fourth-order valence-electron chi connectivity index (χ4n) is 2.96. The summed E-state index contributed by atoms with van der Waals surface area (Å²) in [4.78, 5) is 2.64. The van der Waals surface area contributed by atoms with Crippen molar-refractivity contribution in [1.82, 2.24) is 4.90 Å². The van der Waals surface area contributed by atoms with Gasteiger partial charge in [0.05, 0.1) is 6.61 Å². The van der Waals surface area contributed by atoms with Crippen LogP contribution in [0.5, 0.6) is 0 Å². The molecule has 2 rings (SSSR count). The number of rotatable bonds is 4. The van der Waals surface area contributed by atoms with Crippen LogP contribution in [-0.2, 0) is 4.74 Å². The normalized spacial score (nSPS) is 33.4. The topological polar surface area (TPSA) is 38.5 Å². The van der Waals surface area contributed by atoms with Crippen molar-refractivity contribution in [3.8, 4) is 0 Å². The molecule has 0 amide bonds. The molecule has 3 nitrogen and oxygen atoms in total. The molecule has 0 aliphatic carbocycles. The third-order valence-electron chi connectivity index (χ3n) is 3.85. The van der Waals surface area contributed by atoms with Gasteiger partial charge in [-0.1, -0.05) is 0 Å². The van der Waals surface area contributed by atoms with Gasteiger partial charge >= 0.3 is 0 Å². The molecule has 2 atom stereocenters. The second kappa shape index (κ2) is 5.83. The van der Waals surface area contributed by atoms with E-state index < -0.39 is 0 Å². The molecule has 2 aliphatic rings. The Morgan fingerprint density at radius 1 is 1.27 bits per heavy atom. The van der Waals surface area contributed by atoms with Crippen molar-refractivity contribution in [3.05, 3.63) is 0 Å². The SMILES string of the molecule is NCCCC1CCOCC1N1CCCC1. The Morgan fingerprint density at radius 3 is 2.80 bits per heavy atom. The predicted molar refractivity (Wildman–Crippen MR) is 61.8 cm³/mol. The van der Waals surface area contributed by atoms with Crippen molar-refractivity contribution in [3.63, 3.8) is 0 Å². The summed E-state index contributed by atoms with van der Waals surface area (Å²) in [5.41, 5.74) is 5.60. The molecule has 2 aliphatic heterocycles. The molecule has 2 fully saturated rings. The van der Waals surface area contributed by atoms with E-state index in [1.54, 1.807) is 0 Å². The highest BCUT2D eigenvalue weighted by molar-refractivity contribution is 4.84. The van der Waals surface area contributed by atoms with E-state index in [4.69, 9.17) is 10.5 Å². The van der Waals surface area contributed by atoms with E-state index in [0.29, 0.717) is 6.04 Å². The Labute approximate surface area is 93.0 Å². The summed E-state index contributed by atoms with van der Waals surface area (Å²) in [7, 11) is 0. The quantitative estimate of drug-likeness (QED) is 0.761. The van der Waals surface area contributed by atoms with Crippen LogP contribution in [-0.4, -0.2) is 43.8 Å². The van der Waals surface area contributed by atoms with Gasteiger partial charge in [-0.2, -0.15) is 0 Å². The average Bonchev–Trinajstić information content (AvgIpc) is 2.80. The first kappa shape index (κ1) is 11.4. The molecule has 0 bridgehead atoms. The Balaban J connectivity index is 1.86. The van der Waals surface area contributed by atoms with Crippen LogP contribution in [0.3, 0.4) is 0 Å². The largest absolute Gasteiger partial charge is 0.380 e. The summed E-state index contributed by atoms with van der Waals surface area (Å²) < 4.78 is 5.63. The summed E-state index contributed by atoms with van der Waals surface area (Å²) in [6, 6.07) is 0.688. The van der Waals surface area contributed by atoms with E-state index in [-0.39, 0.29) is 0 Å². The second-order valence-electron chi connectivity index (χ2n) is 4.86. The lowest BCUT2D eigenvalue weighted by Gasteiger charge is -2.37. The molecule has 15 heavy (non-hydrogen) atoms. The lowest BCUT2D eigenvalue weighted by Crippen LogP contribution is -2.45. The molecule has 0 saturated carbocycles. The molecule has 0 aromatic heterocycles. The summed E-state index contributed by atoms with van der Waals surface area (Å²) in [5, 5.41) is 0. The standard InChI is InChI=1S/C12H24N2O/c13-6-3-4-11-5-9-15-10-12(11)14-7-1-2-8-14/h11-12H,1-10,13H2. The molecular formula is C12H24N2O. The molecule has 0 aromatic carbocycles. The zero-order chi connectivity index (χ0) is 10.5. The van der Waals surface area contributed by atoms with Gasteiger partial charge in [0, 0.05) is 12.6 Å². The summed E-state index contributed by atoms with van der Waals surface area (Å²) in [5.74, 6) is 0.834. The average molecular weight is 212 g/mol. The number of likely N-dealkylation sites (tertiary alicyclic amines) is 1. The van der Waals surface area contributed by atoms with Gasteiger partial charge in [-0.05, 0) is 57.7 Å². The fourth-order valence-corrected chi connectivity index (χ4v) is 2.96. The molecule has 2 N–H and O–H groups in total. The minimum absolute atomic E-state index is 0.688. The van der Waals surface area contributed by atoms with E-state index in [2.05, 4.69) is 4.90 Å². The van der Waals surface area contributed by atoms with Crippen LogP contribution in [0.4, 0.5) is 0 Å². The van der Waals surface area contributed by atoms with Crippen molar-refractivity contribution >= 4 is 0 Å². The van der Waals surface area contributed by atoms with Crippen molar-refractivity contribution in [1.29, 1.82) is 0 Å². The van der Waals surface area contributed by atoms with Gasteiger partial charge in [0.25, 0.3) is 0 Å². The van der Waals surface area contributed by atoms with Gasteiger partial charge < -0.3 is 10.5 Å². The van der Waals surface area contributed by atoms with Gasteiger partial charge in [0.15, 0.2) is 0 Å². The van der Waals surface area contributed by atoms with Gasteiger partial charge in [0.1, 0.15) is 0 Å². The van der Waals surface area contributed by atoms with E-state index in [1.165, 1.54) is 45.2 Å². The zero-order valence-electron chi connectivity index (χ0n) is 9.66. The number of nitrogens with two attached hydrogens (primary N) is 1. The van der Waals surface area contributed by atoms with Crippen molar-refractivity contribution < 1.29 is 4.74 Å². The first-order chi connectivity index (χ1) is 7.42. The Morgan fingerprint density at radius 2 is 2.07 bits per heavy atom. The molecule has 2 heterocycles.